The molecule has 0 spiro atoms. The number of likely N-dealkylation sites (N-methyl/N-ethyl adjacent to an activating group) is 1. The minimum absolute atomic E-state index is 0.0701. The number of nitrogens with one attached hydrogen (secondary N) is 1. The summed E-state index contributed by atoms with van der Waals surface area (Å²) in [7, 11) is 0. The van der Waals surface area contributed by atoms with Crippen LogP contribution in [0.25, 0.3) is 0 Å². The predicted octanol–water partition coefficient (Wildman–Crippen LogP) is 1.86. The molecule has 1 unspecified atom stereocenters. The maximum absolute atomic E-state index is 9.86. The SMILES string of the molecule is CCCN(CC)CC(CO)(NC(C)C)C1CC1. The first kappa shape index (κ1) is 14.9. The maximum Gasteiger partial charge on any atom is 0.0628 e. The van der Waals surface area contributed by atoms with Crippen LogP contribution in [0.2, 0.25) is 0 Å². The normalized spacial score (nSPS) is 19.9. The van der Waals surface area contributed by atoms with Crippen LogP contribution >= 0.6 is 0 Å². The van der Waals surface area contributed by atoms with Crippen molar-refractivity contribution in [3.8, 4) is 0 Å². The van der Waals surface area contributed by atoms with Crippen molar-refractivity contribution in [2.75, 3.05) is 26.2 Å². The van der Waals surface area contributed by atoms with Crippen LogP contribution in [-0.2, 0) is 0 Å². The molecule has 2 N–H and O–H groups in total. The lowest BCUT2D eigenvalue weighted by atomic mass is 9.92. The van der Waals surface area contributed by atoms with E-state index in [9.17, 15) is 5.11 Å². The monoisotopic (exact) mass is 242 g/mol. The van der Waals surface area contributed by atoms with Crippen LogP contribution in [0.3, 0.4) is 0 Å². The van der Waals surface area contributed by atoms with Crippen molar-refractivity contribution < 1.29 is 5.11 Å². The number of hydrogen-bond donors (Lipinski definition) is 2. The van der Waals surface area contributed by atoms with Gasteiger partial charge in [-0.15, -0.1) is 0 Å². The second-order valence-corrected chi connectivity index (χ2v) is 5.76. The highest BCUT2D eigenvalue weighted by Gasteiger charge is 2.45. The molecule has 1 saturated carbocycles. The van der Waals surface area contributed by atoms with Gasteiger partial charge in [-0.2, -0.15) is 0 Å². The standard InChI is InChI=1S/C14H30N2O/c1-5-9-16(6-2)10-14(11-17,13-7-8-13)15-12(3)4/h12-13,15,17H,5-11H2,1-4H3. The van der Waals surface area contributed by atoms with Gasteiger partial charge in [-0.25, -0.2) is 0 Å². The number of aliphatic hydroxyl groups is 1. The minimum Gasteiger partial charge on any atom is -0.394 e. The number of hydrogen-bond acceptors (Lipinski definition) is 3. The fourth-order valence-electron chi connectivity index (χ4n) is 2.79. The van der Waals surface area contributed by atoms with Crippen LogP contribution < -0.4 is 5.32 Å². The van der Waals surface area contributed by atoms with Gasteiger partial charge >= 0.3 is 0 Å². The lowest BCUT2D eigenvalue weighted by Gasteiger charge is -2.39. The third-order valence-electron chi connectivity index (χ3n) is 3.71. The molecular formula is C14H30N2O. The van der Waals surface area contributed by atoms with Gasteiger partial charge in [0.2, 0.25) is 0 Å². The zero-order valence-electron chi connectivity index (χ0n) is 12.0. The Labute approximate surface area is 107 Å². The van der Waals surface area contributed by atoms with Crippen molar-refractivity contribution in [2.45, 2.75) is 58.5 Å². The summed E-state index contributed by atoms with van der Waals surface area (Å²) in [6.07, 6.45) is 3.72. The molecule has 0 aromatic heterocycles. The second-order valence-electron chi connectivity index (χ2n) is 5.76. The van der Waals surface area contributed by atoms with Crippen molar-refractivity contribution >= 4 is 0 Å². The first-order valence-electron chi connectivity index (χ1n) is 7.18. The molecule has 0 heterocycles. The maximum atomic E-state index is 9.86. The lowest BCUT2D eigenvalue weighted by Crippen LogP contribution is -2.60. The number of nitrogens with zero attached hydrogens (tertiary/aromatic N) is 1. The molecule has 102 valence electrons. The lowest BCUT2D eigenvalue weighted by molar-refractivity contribution is 0.0855. The largest absolute Gasteiger partial charge is 0.394 e. The van der Waals surface area contributed by atoms with Gasteiger partial charge in [0, 0.05) is 12.6 Å². The van der Waals surface area contributed by atoms with Gasteiger partial charge in [-0.1, -0.05) is 27.7 Å². The Hall–Kier alpha value is -0.120. The summed E-state index contributed by atoms with van der Waals surface area (Å²) < 4.78 is 0. The van der Waals surface area contributed by atoms with Crippen molar-refractivity contribution in [3.05, 3.63) is 0 Å². The molecule has 0 bridgehead atoms. The molecular weight excluding hydrogens is 212 g/mol. The van der Waals surface area contributed by atoms with Gasteiger partial charge in [-0.05, 0) is 38.3 Å². The molecule has 0 aliphatic heterocycles. The molecule has 0 amide bonds. The Morgan fingerprint density at radius 2 is 2.00 bits per heavy atom. The van der Waals surface area contributed by atoms with E-state index in [-0.39, 0.29) is 12.1 Å². The highest BCUT2D eigenvalue weighted by molar-refractivity contribution is 5.03. The average molecular weight is 242 g/mol. The topological polar surface area (TPSA) is 35.5 Å². The van der Waals surface area contributed by atoms with Gasteiger partial charge < -0.3 is 15.3 Å². The first-order valence-corrected chi connectivity index (χ1v) is 7.18. The molecule has 1 rings (SSSR count). The van der Waals surface area contributed by atoms with E-state index >= 15 is 0 Å². The fraction of sp³-hybridized carbons (Fsp3) is 1.00. The predicted molar refractivity (Wildman–Crippen MR) is 73.2 cm³/mol. The quantitative estimate of drug-likeness (QED) is 0.648. The summed E-state index contributed by atoms with van der Waals surface area (Å²) in [6, 6.07) is 0.433. The highest BCUT2D eigenvalue weighted by Crippen LogP contribution is 2.40. The van der Waals surface area contributed by atoms with Gasteiger partial charge in [-0.3, -0.25) is 0 Å². The third kappa shape index (κ3) is 4.23. The average Bonchev–Trinajstić information content (AvgIpc) is 3.10. The van der Waals surface area contributed by atoms with E-state index in [0.717, 1.165) is 19.6 Å². The molecule has 0 saturated heterocycles. The van der Waals surface area contributed by atoms with Gasteiger partial charge in [0.05, 0.1) is 12.1 Å². The first-order chi connectivity index (χ1) is 8.07. The molecule has 3 nitrogen and oxygen atoms in total. The van der Waals surface area contributed by atoms with E-state index in [1.54, 1.807) is 0 Å². The Bertz CT molecular complexity index is 216. The molecule has 3 heteroatoms. The van der Waals surface area contributed by atoms with Crippen LogP contribution in [0.1, 0.15) is 47.0 Å². The Balaban J connectivity index is 2.66. The Morgan fingerprint density at radius 1 is 1.35 bits per heavy atom. The van der Waals surface area contributed by atoms with Crippen LogP contribution in [0.4, 0.5) is 0 Å². The second kappa shape index (κ2) is 6.72. The Morgan fingerprint density at radius 3 is 2.35 bits per heavy atom. The molecule has 1 atom stereocenters. The smallest absolute Gasteiger partial charge is 0.0628 e. The minimum atomic E-state index is -0.0701. The molecule has 0 radical (unpaired) electrons. The van der Waals surface area contributed by atoms with Crippen molar-refractivity contribution in [3.63, 3.8) is 0 Å². The third-order valence-corrected chi connectivity index (χ3v) is 3.71. The van der Waals surface area contributed by atoms with Crippen molar-refractivity contribution in [1.29, 1.82) is 0 Å². The van der Waals surface area contributed by atoms with Crippen LogP contribution in [0.5, 0.6) is 0 Å². The zero-order chi connectivity index (χ0) is 12.9. The number of rotatable bonds is 9. The van der Waals surface area contributed by atoms with Gasteiger partial charge in [0.1, 0.15) is 0 Å². The number of aliphatic hydroxyl groups excluding tert-OH is 1. The van der Waals surface area contributed by atoms with E-state index in [0.29, 0.717) is 12.0 Å². The molecule has 0 aromatic rings. The van der Waals surface area contributed by atoms with Crippen LogP contribution in [0.15, 0.2) is 0 Å². The molecule has 1 aliphatic rings. The van der Waals surface area contributed by atoms with E-state index in [2.05, 4.69) is 37.9 Å². The molecule has 1 aliphatic carbocycles. The fourth-order valence-corrected chi connectivity index (χ4v) is 2.79. The van der Waals surface area contributed by atoms with Crippen molar-refractivity contribution in [1.82, 2.24) is 10.2 Å². The summed E-state index contributed by atoms with van der Waals surface area (Å²) in [5, 5.41) is 13.5. The van der Waals surface area contributed by atoms with Gasteiger partial charge in [0.15, 0.2) is 0 Å². The van der Waals surface area contributed by atoms with E-state index < -0.39 is 0 Å². The summed E-state index contributed by atoms with van der Waals surface area (Å²) in [4.78, 5) is 2.46. The van der Waals surface area contributed by atoms with Crippen LogP contribution in [-0.4, -0.2) is 47.8 Å². The van der Waals surface area contributed by atoms with Crippen molar-refractivity contribution in [2.24, 2.45) is 5.92 Å². The highest BCUT2D eigenvalue weighted by atomic mass is 16.3. The molecule has 17 heavy (non-hydrogen) atoms. The summed E-state index contributed by atoms with van der Waals surface area (Å²) in [5.74, 6) is 0.667. The zero-order valence-corrected chi connectivity index (χ0v) is 12.0. The Kier molecular flexibility index (Phi) is 5.90. The van der Waals surface area contributed by atoms with Gasteiger partial charge in [0.25, 0.3) is 0 Å². The molecule has 0 aromatic carbocycles. The summed E-state index contributed by atoms with van der Waals surface area (Å²) >= 11 is 0. The summed E-state index contributed by atoms with van der Waals surface area (Å²) in [6.45, 7) is 12.2. The van der Waals surface area contributed by atoms with Crippen LogP contribution in [0, 0.1) is 5.92 Å². The molecule has 1 fully saturated rings. The van der Waals surface area contributed by atoms with E-state index in [1.165, 1.54) is 19.3 Å². The van der Waals surface area contributed by atoms with E-state index in [1.807, 2.05) is 0 Å². The summed E-state index contributed by atoms with van der Waals surface area (Å²) in [5.41, 5.74) is -0.0701. The van der Waals surface area contributed by atoms with E-state index in [4.69, 9.17) is 0 Å².